The van der Waals surface area contributed by atoms with E-state index in [4.69, 9.17) is 4.42 Å². The van der Waals surface area contributed by atoms with E-state index < -0.39 is 0 Å². The fourth-order valence-corrected chi connectivity index (χ4v) is 2.51. The van der Waals surface area contributed by atoms with Gasteiger partial charge in [-0.25, -0.2) is 0 Å². The van der Waals surface area contributed by atoms with Crippen LogP contribution in [0.4, 0.5) is 0 Å². The third-order valence-electron chi connectivity index (χ3n) is 3.60. The van der Waals surface area contributed by atoms with Gasteiger partial charge >= 0.3 is 0 Å². The molecule has 116 valence electrons. The van der Waals surface area contributed by atoms with Crippen molar-refractivity contribution in [3.8, 4) is 0 Å². The number of rotatable bonds is 3. The summed E-state index contributed by atoms with van der Waals surface area (Å²) in [5, 5.41) is 7.61. The summed E-state index contributed by atoms with van der Waals surface area (Å²) in [7, 11) is 1.69. The number of carbonyl (C=O) groups excluding carboxylic acids is 2. The zero-order valence-corrected chi connectivity index (χ0v) is 13.2. The highest BCUT2D eigenvalue weighted by Gasteiger charge is 2.40. The monoisotopic (exact) mass is 294 g/mol. The first-order valence-corrected chi connectivity index (χ1v) is 7.03. The molecule has 7 heteroatoms. The van der Waals surface area contributed by atoms with Gasteiger partial charge in [0, 0.05) is 32.5 Å². The van der Waals surface area contributed by atoms with Crippen LogP contribution >= 0.6 is 0 Å². The minimum Gasteiger partial charge on any atom is -0.424 e. The molecule has 1 aromatic heterocycles. The fourth-order valence-electron chi connectivity index (χ4n) is 2.51. The number of aryl methyl sites for hydroxylation is 1. The second-order valence-electron chi connectivity index (χ2n) is 6.49. The van der Waals surface area contributed by atoms with Crippen molar-refractivity contribution in [1.29, 1.82) is 0 Å². The highest BCUT2D eigenvalue weighted by molar-refractivity contribution is 5.89. The highest BCUT2D eigenvalue weighted by atomic mass is 16.4. The molecule has 1 saturated heterocycles. The Labute approximate surface area is 124 Å². The average Bonchev–Trinajstić information content (AvgIpc) is 2.94. The summed E-state index contributed by atoms with van der Waals surface area (Å²) < 4.78 is 5.27. The molecule has 1 aliphatic rings. The molecule has 1 aliphatic heterocycles. The second kappa shape index (κ2) is 5.46. The largest absolute Gasteiger partial charge is 0.424 e. The Balaban J connectivity index is 1.99. The number of hydrogen-bond donors (Lipinski definition) is 0. The third-order valence-corrected chi connectivity index (χ3v) is 3.60. The van der Waals surface area contributed by atoms with Crippen LogP contribution in [0.15, 0.2) is 4.42 Å². The van der Waals surface area contributed by atoms with Gasteiger partial charge in [0.25, 0.3) is 0 Å². The van der Waals surface area contributed by atoms with Crippen LogP contribution in [-0.2, 0) is 16.1 Å². The van der Waals surface area contributed by atoms with Gasteiger partial charge in [-0.05, 0) is 20.8 Å². The van der Waals surface area contributed by atoms with Crippen molar-refractivity contribution in [3.05, 3.63) is 11.8 Å². The Morgan fingerprint density at radius 3 is 2.57 bits per heavy atom. The number of hydrogen-bond acceptors (Lipinski definition) is 5. The van der Waals surface area contributed by atoms with Gasteiger partial charge in [-0.1, -0.05) is 0 Å². The number of carbonyl (C=O) groups is 2. The molecule has 0 bridgehead atoms. The Bertz CT molecular complexity index is 547. The van der Waals surface area contributed by atoms with E-state index in [2.05, 4.69) is 10.2 Å². The molecule has 0 radical (unpaired) electrons. The van der Waals surface area contributed by atoms with E-state index in [0.717, 1.165) is 0 Å². The molecule has 0 unspecified atom stereocenters. The van der Waals surface area contributed by atoms with E-state index in [-0.39, 0.29) is 36.2 Å². The number of nitrogens with zero attached hydrogens (tertiary/aromatic N) is 4. The van der Waals surface area contributed by atoms with Crippen LogP contribution in [0.1, 0.15) is 39.0 Å². The summed E-state index contributed by atoms with van der Waals surface area (Å²) in [5.41, 5.74) is -0.256. The lowest BCUT2D eigenvalue weighted by molar-refractivity contribution is -0.135. The Morgan fingerprint density at radius 1 is 1.43 bits per heavy atom. The maximum absolute atomic E-state index is 12.4. The maximum atomic E-state index is 12.4. The molecular formula is C14H22N4O3. The molecule has 2 heterocycles. The Hall–Kier alpha value is -1.92. The predicted octanol–water partition coefficient (Wildman–Crippen LogP) is 0.983. The smallest absolute Gasteiger partial charge is 0.235 e. The molecular weight excluding hydrogens is 272 g/mol. The molecule has 7 nitrogen and oxygen atoms in total. The van der Waals surface area contributed by atoms with E-state index in [1.807, 2.05) is 20.8 Å². The van der Waals surface area contributed by atoms with Gasteiger partial charge in [0.15, 0.2) is 0 Å². The van der Waals surface area contributed by atoms with Gasteiger partial charge < -0.3 is 14.2 Å². The van der Waals surface area contributed by atoms with Crippen molar-refractivity contribution in [3.63, 3.8) is 0 Å². The number of amides is 2. The summed E-state index contributed by atoms with van der Waals surface area (Å²) in [6.45, 7) is 8.36. The Morgan fingerprint density at radius 2 is 2.10 bits per heavy atom. The normalized spacial score (nSPS) is 19.2. The average molecular weight is 294 g/mol. The molecule has 21 heavy (non-hydrogen) atoms. The van der Waals surface area contributed by atoms with Crippen molar-refractivity contribution >= 4 is 11.8 Å². The summed E-state index contributed by atoms with van der Waals surface area (Å²) in [6, 6.07) is 0. The Kier molecular flexibility index (Phi) is 4.02. The summed E-state index contributed by atoms with van der Waals surface area (Å²) in [4.78, 5) is 27.8. The molecule has 0 aliphatic carbocycles. The SMILES string of the molecule is Cc1nnc(CN(C)C(=O)[C@@H]2CC(=O)N(C(C)(C)C)C2)o1. The lowest BCUT2D eigenvalue weighted by atomic mass is 10.1. The van der Waals surface area contributed by atoms with E-state index in [9.17, 15) is 9.59 Å². The second-order valence-corrected chi connectivity index (χ2v) is 6.49. The summed E-state index contributed by atoms with van der Waals surface area (Å²) in [6.07, 6.45) is 0.267. The van der Waals surface area contributed by atoms with Gasteiger partial charge in [0.2, 0.25) is 23.6 Å². The molecule has 0 N–H and O–H groups in total. The van der Waals surface area contributed by atoms with Crippen LogP contribution < -0.4 is 0 Å². The first-order chi connectivity index (χ1) is 9.68. The predicted molar refractivity (Wildman–Crippen MR) is 75.1 cm³/mol. The van der Waals surface area contributed by atoms with E-state index >= 15 is 0 Å². The van der Waals surface area contributed by atoms with Crippen LogP contribution in [-0.4, -0.2) is 50.9 Å². The number of likely N-dealkylation sites (tertiary alicyclic amines) is 1. The standard InChI is InChI=1S/C14H22N4O3/c1-9-15-16-11(21-9)8-17(5)13(20)10-6-12(19)18(7-10)14(2,3)4/h10H,6-8H2,1-5H3/t10-/m1/s1. The lowest BCUT2D eigenvalue weighted by Crippen LogP contribution is -2.43. The minimum atomic E-state index is -0.300. The van der Waals surface area contributed by atoms with Crippen LogP contribution in [0.25, 0.3) is 0 Å². The van der Waals surface area contributed by atoms with E-state index in [0.29, 0.717) is 18.3 Å². The molecule has 2 amide bonds. The summed E-state index contributed by atoms with van der Waals surface area (Å²) >= 11 is 0. The van der Waals surface area contributed by atoms with Gasteiger partial charge in [-0.15, -0.1) is 10.2 Å². The van der Waals surface area contributed by atoms with Gasteiger partial charge in [0.1, 0.15) is 0 Å². The van der Waals surface area contributed by atoms with Crippen molar-refractivity contribution < 1.29 is 14.0 Å². The zero-order valence-electron chi connectivity index (χ0n) is 13.2. The quantitative estimate of drug-likeness (QED) is 0.830. The molecule has 0 saturated carbocycles. The topological polar surface area (TPSA) is 79.5 Å². The fraction of sp³-hybridized carbons (Fsp3) is 0.714. The molecule has 1 atom stereocenters. The lowest BCUT2D eigenvalue weighted by Gasteiger charge is -2.32. The van der Waals surface area contributed by atoms with E-state index in [1.165, 1.54) is 4.90 Å². The van der Waals surface area contributed by atoms with Crippen molar-refractivity contribution in [2.24, 2.45) is 5.92 Å². The molecule has 1 fully saturated rings. The zero-order chi connectivity index (χ0) is 15.8. The van der Waals surface area contributed by atoms with Gasteiger partial charge in [0.05, 0.1) is 12.5 Å². The van der Waals surface area contributed by atoms with Crippen LogP contribution in [0.3, 0.4) is 0 Å². The van der Waals surface area contributed by atoms with Crippen LogP contribution in [0.5, 0.6) is 0 Å². The molecule has 0 spiro atoms. The molecule has 2 rings (SSSR count). The third kappa shape index (κ3) is 3.40. The minimum absolute atomic E-state index is 0.0304. The van der Waals surface area contributed by atoms with Crippen molar-refractivity contribution in [1.82, 2.24) is 20.0 Å². The van der Waals surface area contributed by atoms with Crippen LogP contribution in [0, 0.1) is 12.8 Å². The summed E-state index contributed by atoms with van der Waals surface area (Å²) in [5.74, 6) is 0.542. The maximum Gasteiger partial charge on any atom is 0.235 e. The van der Waals surface area contributed by atoms with E-state index in [1.54, 1.807) is 18.9 Å². The number of aromatic nitrogens is 2. The first kappa shape index (κ1) is 15.5. The molecule has 0 aromatic carbocycles. The van der Waals surface area contributed by atoms with Crippen molar-refractivity contribution in [2.45, 2.75) is 46.2 Å². The van der Waals surface area contributed by atoms with Gasteiger partial charge in [-0.2, -0.15) is 0 Å². The van der Waals surface area contributed by atoms with Gasteiger partial charge in [-0.3, -0.25) is 9.59 Å². The highest BCUT2D eigenvalue weighted by Crippen LogP contribution is 2.27. The molecule has 1 aromatic rings. The van der Waals surface area contributed by atoms with Crippen LogP contribution in [0.2, 0.25) is 0 Å². The van der Waals surface area contributed by atoms with Crippen molar-refractivity contribution in [2.75, 3.05) is 13.6 Å². The first-order valence-electron chi connectivity index (χ1n) is 7.03.